The topological polar surface area (TPSA) is 53.1 Å². The van der Waals surface area contributed by atoms with E-state index >= 15 is 0 Å². The van der Waals surface area contributed by atoms with Crippen LogP contribution in [0.1, 0.15) is 10.4 Å². The van der Waals surface area contributed by atoms with Crippen molar-refractivity contribution in [2.24, 2.45) is 0 Å². The Balaban J connectivity index is 1.56. The number of piperazine rings is 1. The average Bonchev–Trinajstić information content (AvgIpc) is 3.34. The second-order valence-corrected chi connectivity index (χ2v) is 8.30. The van der Waals surface area contributed by atoms with Crippen LogP contribution in [0.2, 0.25) is 0 Å². The Morgan fingerprint density at radius 1 is 1.00 bits per heavy atom. The number of carbonyl (C=O) groups is 2. The quantitative estimate of drug-likeness (QED) is 0.683. The third kappa shape index (κ3) is 3.93. The summed E-state index contributed by atoms with van der Waals surface area (Å²) in [6.07, 6.45) is 0.620. The van der Waals surface area contributed by atoms with Crippen LogP contribution >= 0.6 is 11.3 Å². The molecule has 2 amide bonds. The van der Waals surface area contributed by atoms with Gasteiger partial charge in [-0.2, -0.15) is 0 Å². The smallest absolute Gasteiger partial charge is 0.277 e. The van der Waals surface area contributed by atoms with Crippen molar-refractivity contribution in [2.75, 3.05) is 46.9 Å². The first-order valence-electron chi connectivity index (χ1n) is 9.79. The lowest BCUT2D eigenvalue weighted by Gasteiger charge is -2.34. The lowest BCUT2D eigenvalue weighted by molar-refractivity contribution is -0.137. The van der Waals surface area contributed by atoms with Gasteiger partial charge in [-0.3, -0.25) is 14.5 Å². The maximum atomic E-state index is 13.3. The molecule has 1 saturated heterocycles. The Bertz CT molecular complexity index is 913. The van der Waals surface area contributed by atoms with Crippen molar-refractivity contribution in [1.29, 1.82) is 0 Å². The van der Waals surface area contributed by atoms with Gasteiger partial charge in [0.05, 0.1) is 12.7 Å². The number of hydrogen-bond acceptors (Lipinski definition) is 6. The van der Waals surface area contributed by atoms with E-state index in [1.54, 1.807) is 7.11 Å². The molecule has 0 radical (unpaired) electrons. The molecule has 0 saturated carbocycles. The van der Waals surface area contributed by atoms with E-state index in [0.29, 0.717) is 24.2 Å². The summed E-state index contributed by atoms with van der Waals surface area (Å²) in [5.74, 6) is 0.442. The number of methoxy groups -OCH3 is 1. The molecule has 6 nitrogen and oxygen atoms in total. The minimum Gasteiger partial charge on any atom is -0.497 e. The molecule has 2 aliphatic rings. The van der Waals surface area contributed by atoms with E-state index in [9.17, 15) is 9.59 Å². The molecule has 0 N–H and O–H groups in total. The SMILES string of the molecule is COc1ccc(CCN2C(=O)C(c3cccs3)=C(N3CCN(C)CC3)C2=O)cc1. The summed E-state index contributed by atoms with van der Waals surface area (Å²) in [5.41, 5.74) is 2.20. The highest BCUT2D eigenvalue weighted by Gasteiger charge is 2.42. The molecule has 29 heavy (non-hydrogen) atoms. The van der Waals surface area contributed by atoms with Gasteiger partial charge >= 0.3 is 0 Å². The predicted molar refractivity (Wildman–Crippen MR) is 114 cm³/mol. The number of imide groups is 1. The molecule has 0 atom stereocenters. The van der Waals surface area contributed by atoms with Gasteiger partial charge in [0.1, 0.15) is 11.4 Å². The van der Waals surface area contributed by atoms with Gasteiger partial charge in [-0.25, -0.2) is 0 Å². The first-order chi connectivity index (χ1) is 14.1. The van der Waals surface area contributed by atoms with Crippen molar-refractivity contribution in [1.82, 2.24) is 14.7 Å². The number of ether oxygens (including phenoxy) is 1. The zero-order chi connectivity index (χ0) is 20.4. The zero-order valence-corrected chi connectivity index (χ0v) is 17.6. The Labute approximate surface area is 175 Å². The normalized spacial score (nSPS) is 18.1. The Kier molecular flexibility index (Phi) is 5.69. The molecule has 2 aliphatic heterocycles. The van der Waals surface area contributed by atoms with E-state index in [1.165, 1.54) is 16.2 Å². The Hall–Kier alpha value is -2.64. The van der Waals surface area contributed by atoms with Crippen LogP contribution in [-0.4, -0.2) is 73.4 Å². The maximum Gasteiger partial charge on any atom is 0.277 e. The van der Waals surface area contributed by atoms with E-state index in [0.717, 1.165) is 42.4 Å². The van der Waals surface area contributed by atoms with E-state index in [2.05, 4.69) is 16.8 Å². The molecule has 7 heteroatoms. The minimum absolute atomic E-state index is 0.170. The predicted octanol–water partition coefficient (Wildman–Crippen LogP) is 2.33. The molecule has 2 aromatic rings. The largest absolute Gasteiger partial charge is 0.497 e. The van der Waals surface area contributed by atoms with Gasteiger partial charge in [0.2, 0.25) is 0 Å². The molecular formula is C22H25N3O3S. The number of carbonyl (C=O) groups excluding carboxylic acids is 2. The second-order valence-electron chi connectivity index (χ2n) is 7.35. The molecule has 1 aromatic heterocycles. The van der Waals surface area contributed by atoms with Crippen LogP contribution in [0, 0.1) is 0 Å². The fourth-order valence-corrected chi connectivity index (χ4v) is 4.53. The van der Waals surface area contributed by atoms with Crippen LogP contribution in [0.4, 0.5) is 0 Å². The maximum absolute atomic E-state index is 13.3. The summed E-state index contributed by atoms with van der Waals surface area (Å²) in [5, 5.41) is 1.95. The molecule has 0 spiro atoms. The van der Waals surface area contributed by atoms with Crippen LogP contribution in [0.5, 0.6) is 5.75 Å². The van der Waals surface area contributed by atoms with E-state index < -0.39 is 0 Å². The van der Waals surface area contributed by atoms with Crippen LogP contribution < -0.4 is 4.74 Å². The standard InChI is InChI=1S/C22H25N3O3S/c1-23-11-13-24(14-12-23)20-19(18-4-3-15-29-18)21(26)25(22(20)27)10-9-16-5-7-17(28-2)8-6-16/h3-8,15H,9-14H2,1-2H3. The lowest BCUT2D eigenvalue weighted by Crippen LogP contribution is -2.46. The average molecular weight is 412 g/mol. The summed E-state index contributed by atoms with van der Waals surface area (Å²) in [6.45, 7) is 3.65. The van der Waals surface area contributed by atoms with Crippen LogP contribution in [0.3, 0.4) is 0 Å². The molecule has 0 bridgehead atoms. The number of amides is 2. The van der Waals surface area contributed by atoms with Gasteiger partial charge in [-0.15, -0.1) is 11.3 Å². The first kappa shape index (κ1) is 19.7. The fourth-order valence-electron chi connectivity index (χ4n) is 3.77. The number of benzene rings is 1. The van der Waals surface area contributed by atoms with Gasteiger partial charge in [-0.1, -0.05) is 18.2 Å². The van der Waals surface area contributed by atoms with E-state index in [4.69, 9.17) is 4.74 Å². The number of likely N-dealkylation sites (N-methyl/N-ethyl adjacent to an activating group) is 1. The van der Waals surface area contributed by atoms with Crippen molar-refractivity contribution >= 4 is 28.7 Å². The molecule has 1 fully saturated rings. The molecule has 0 aliphatic carbocycles. The molecule has 152 valence electrons. The summed E-state index contributed by atoms with van der Waals surface area (Å²) < 4.78 is 5.19. The van der Waals surface area contributed by atoms with Gasteiger partial charge in [0.15, 0.2) is 0 Å². The van der Waals surface area contributed by atoms with Gasteiger partial charge in [-0.05, 0) is 42.6 Å². The summed E-state index contributed by atoms with van der Waals surface area (Å²) >= 11 is 1.51. The van der Waals surface area contributed by atoms with E-state index in [-0.39, 0.29) is 11.8 Å². The number of nitrogens with zero attached hydrogens (tertiary/aromatic N) is 3. The highest BCUT2D eigenvalue weighted by Crippen LogP contribution is 2.34. The van der Waals surface area contributed by atoms with Crippen LogP contribution in [0.15, 0.2) is 47.5 Å². The highest BCUT2D eigenvalue weighted by atomic mass is 32.1. The third-order valence-corrected chi connectivity index (χ3v) is 6.40. The van der Waals surface area contributed by atoms with Gasteiger partial charge < -0.3 is 14.5 Å². The molecule has 0 unspecified atom stereocenters. The van der Waals surface area contributed by atoms with Crippen molar-refractivity contribution in [3.63, 3.8) is 0 Å². The van der Waals surface area contributed by atoms with Crippen LogP contribution in [0.25, 0.3) is 5.57 Å². The summed E-state index contributed by atoms with van der Waals surface area (Å²) in [7, 11) is 3.71. The number of rotatable bonds is 6. The van der Waals surface area contributed by atoms with Crippen molar-refractivity contribution in [2.45, 2.75) is 6.42 Å². The van der Waals surface area contributed by atoms with Crippen molar-refractivity contribution < 1.29 is 14.3 Å². The van der Waals surface area contributed by atoms with E-state index in [1.807, 2.05) is 41.8 Å². The molecule has 1 aromatic carbocycles. The minimum atomic E-state index is -0.181. The molecular weight excluding hydrogens is 386 g/mol. The monoisotopic (exact) mass is 411 g/mol. The Morgan fingerprint density at radius 2 is 1.72 bits per heavy atom. The van der Waals surface area contributed by atoms with Crippen molar-refractivity contribution in [3.05, 3.63) is 57.9 Å². The third-order valence-electron chi connectivity index (χ3n) is 5.51. The zero-order valence-electron chi connectivity index (χ0n) is 16.8. The lowest BCUT2D eigenvalue weighted by atomic mass is 10.1. The Morgan fingerprint density at radius 3 is 2.34 bits per heavy atom. The highest BCUT2D eigenvalue weighted by molar-refractivity contribution is 7.11. The van der Waals surface area contributed by atoms with Gasteiger partial charge in [0.25, 0.3) is 11.8 Å². The fraction of sp³-hybridized carbons (Fsp3) is 0.364. The molecule has 3 heterocycles. The van der Waals surface area contributed by atoms with Crippen LogP contribution in [-0.2, 0) is 16.0 Å². The second kappa shape index (κ2) is 8.39. The number of thiophene rings is 1. The van der Waals surface area contributed by atoms with Crippen molar-refractivity contribution in [3.8, 4) is 5.75 Å². The molecule has 4 rings (SSSR count). The summed E-state index contributed by atoms with van der Waals surface area (Å²) in [6, 6.07) is 11.6. The van der Waals surface area contributed by atoms with Gasteiger partial charge in [0, 0.05) is 37.6 Å². The first-order valence-corrected chi connectivity index (χ1v) is 10.7. The summed E-state index contributed by atoms with van der Waals surface area (Å²) in [4.78, 5) is 33.2. The number of hydrogen-bond donors (Lipinski definition) is 0.